The van der Waals surface area contributed by atoms with Crippen molar-refractivity contribution in [3.8, 4) is 0 Å². The van der Waals surface area contributed by atoms with E-state index in [4.69, 9.17) is 0 Å². The SMILES string of the molecule is Cc1ccc(NS(C)(=O)=O)cc1NC(=O)NC[C@@]1(O)CCCNC1. The number of aryl methyl sites for hydroxylation is 1. The maximum absolute atomic E-state index is 12.1. The lowest BCUT2D eigenvalue weighted by Gasteiger charge is -2.32. The van der Waals surface area contributed by atoms with Crippen LogP contribution in [0.25, 0.3) is 0 Å². The molecule has 134 valence electrons. The van der Waals surface area contributed by atoms with Crippen LogP contribution in [0.2, 0.25) is 0 Å². The van der Waals surface area contributed by atoms with Gasteiger partial charge in [0, 0.05) is 18.8 Å². The number of urea groups is 1. The van der Waals surface area contributed by atoms with Crippen LogP contribution in [-0.2, 0) is 10.0 Å². The Morgan fingerprint density at radius 1 is 1.42 bits per heavy atom. The van der Waals surface area contributed by atoms with E-state index in [9.17, 15) is 18.3 Å². The van der Waals surface area contributed by atoms with Crippen LogP contribution in [0, 0.1) is 6.92 Å². The normalized spacial score (nSPS) is 21.1. The zero-order valence-corrected chi connectivity index (χ0v) is 14.7. The molecular formula is C15H24N4O4S. The molecule has 2 rings (SSSR count). The molecule has 1 saturated heterocycles. The molecule has 0 aromatic heterocycles. The van der Waals surface area contributed by atoms with E-state index in [1.54, 1.807) is 25.1 Å². The van der Waals surface area contributed by atoms with Gasteiger partial charge in [-0.3, -0.25) is 4.72 Å². The van der Waals surface area contributed by atoms with Gasteiger partial charge in [0.05, 0.1) is 17.5 Å². The molecule has 5 N–H and O–H groups in total. The first-order valence-electron chi connectivity index (χ1n) is 7.73. The van der Waals surface area contributed by atoms with E-state index in [-0.39, 0.29) is 6.54 Å². The number of hydrogen-bond donors (Lipinski definition) is 5. The Morgan fingerprint density at radius 3 is 2.79 bits per heavy atom. The predicted octanol–water partition coefficient (Wildman–Crippen LogP) is 0.603. The number of benzene rings is 1. The van der Waals surface area contributed by atoms with Gasteiger partial charge in [-0.2, -0.15) is 0 Å². The minimum absolute atomic E-state index is 0.145. The molecule has 1 aromatic carbocycles. The maximum atomic E-state index is 12.1. The van der Waals surface area contributed by atoms with E-state index >= 15 is 0 Å². The summed E-state index contributed by atoms with van der Waals surface area (Å²) in [6.45, 7) is 3.26. The molecule has 0 saturated carbocycles. The van der Waals surface area contributed by atoms with Crippen molar-refractivity contribution in [2.75, 3.05) is 35.9 Å². The zero-order chi connectivity index (χ0) is 17.8. The number of hydrogen-bond acceptors (Lipinski definition) is 5. The Hall–Kier alpha value is -1.84. The molecule has 1 heterocycles. The highest BCUT2D eigenvalue weighted by Crippen LogP contribution is 2.21. The number of anilines is 2. The lowest BCUT2D eigenvalue weighted by atomic mass is 9.94. The van der Waals surface area contributed by atoms with Crippen LogP contribution < -0.4 is 20.7 Å². The molecule has 1 atom stereocenters. The minimum atomic E-state index is -3.39. The van der Waals surface area contributed by atoms with Crippen LogP contribution in [0.4, 0.5) is 16.2 Å². The molecule has 1 aromatic rings. The average Bonchev–Trinajstić information content (AvgIpc) is 2.48. The van der Waals surface area contributed by atoms with E-state index in [2.05, 4.69) is 20.7 Å². The molecule has 0 unspecified atom stereocenters. The second-order valence-electron chi connectivity index (χ2n) is 6.22. The molecule has 0 bridgehead atoms. The molecule has 24 heavy (non-hydrogen) atoms. The van der Waals surface area contributed by atoms with Gasteiger partial charge < -0.3 is 21.1 Å². The highest BCUT2D eigenvalue weighted by molar-refractivity contribution is 7.92. The Labute approximate surface area is 142 Å². The maximum Gasteiger partial charge on any atom is 0.319 e. The largest absolute Gasteiger partial charge is 0.387 e. The quantitative estimate of drug-likeness (QED) is 0.529. The Morgan fingerprint density at radius 2 is 2.17 bits per heavy atom. The average molecular weight is 356 g/mol. The van der Waals surface area contributed by atoms with E-state index in [0.717, 1.165) is 24.8 Å². The third-order valence-electron chi connectivity index (χ3n) is 3.82. The summed E-state index contributed by atoms with van der Waals surface area (Å²) < 4.78 is 24.9. The summed E-state index contributed by atoms with van der Waals surface area (Å²) in [5.41, 5.74) is 0.718. The molecular weight excluding hydrogens is 332 g/mol. The molecule has 0 radical (unpaired) electrons. The van der Waals surface area contributed by atoms with E-state index in [0.29, 0.717) is 24.3 Å². The predicted molar refractivity (Wildman–Crippen MR) is 93.7 cm³/mol. The fraction of sp³-hybridized carbons (Fsp3) is 0.533. The summed E-state index contributed by atoms with van der Waals surface area (Å²) >= 11 is 0. The van der Waals surface area contributed by atoms with Gasteiger partial charge in [-0.15, -0.1) is 0 Å². The third-order valence-corrected chi connectivity index (χ3v) is 4.42. The van der Waals surface area contributed by atoms with E-state index < -0.39 is 21.7 Å². The highest BCUT2D eigenvalue weighted by atomic mass is 32.2. The Balaban J connectivity index is 1.96. The van der Waals surface area contributed by atoms with E-state index in [1.807, 2.05) is 0 Å². The zero-order valence-electron chi connectivity index (χ0n) is 13.8. The Kier molecular flexibility index (Phi) is 5.68. The number of nitrogens with one attached hydrogen (secondary N) is 4. The van der Waals surface area contributed by atoms with E-state index in [1.165, 1.54) is 0 Å². The van der Waals surface area contributed by atoms with Crippen LogP contribution in [0.3, 0.4) is 0 Å². The van der Waals surface area contributed by atoms with Crippen LogP contribution >= 0.6 is 0 Å². The monoisotopic (exact) mass is 356 g/mol. The van der Waals surface area contributed by atoms with Gasteiger partial charge in [-0.1, -0.05) is 6.07 Å². The summed E-state index contributed by atoms with van der Waals surface area (Å²) in [6.07, 6.45) is 2.55. The molecule has 1 fully saturated rings. The third kappa shape index (κ3) is 5.66. The lowest BCUT2D eigenvalue weighted by molar-refractivity contribution is 0.0198. The second kappa shape index (κ2) is 7.37. The highest BCUT2D eigenvalue weighted by Gasteiger charge is 2.29. The molecule has 1 aliphatic rings. The van der Waals surface area contributed by atoms with Gasteiger partial charge >= 0.3 is 6.03 Å². The van der Waals surface area contributed by atoms with Crippen molar-refractivity contribution in [2.45, 2.75) is 25.4 Å². The number of rotatable bonds is 5. The van der Waals surface area contributed by atoms with Crippen molar-refractivity contribution in [2.24, 2.45) is 0 Å². The lowest BCUT2D eigenvalue weighted by Crippen LogP contribution is -2.53. The molecule has 8 nitrogen and oxygen atoms in total. The summed E-state index contributed by atoms with van der Waals surface area (Å²) in [5, 5.41) is 18.8. The van der Waals surface area contributed by atoms with Crippen LogP contribution in [0.5, 0.6) is 0 Å². The first kappa shape index (κ1) is 18.5. The number of amides is 2. The van der Waals surface area contributed by atoms with Crippen molar-refractivity contribution in [3.63, 3.8) is 0 Å². The Bertz CT molecular complexity index is 699. The number of aliphatic hydroxyl groups is 1. The molecule has 0 spiro atoms. The summed E-state index contributed by atoms with van der Waals surface area (Å²) in [7, 11) is -3.39. The first-order valence-corrected chi connectivity index (χ1v) is 9.62. The summed E-state index contributed by atoms with van der Waals surface area (Å²) in [5.74, 6) is 0. The van der Waals surface area contributed by atoms with Gasteiger partial charge in [0.25, 0.3) is 0 Å². The van der Waals surface area contributed by atoms with Crippen LogP contribution in [0.1, 0.15) is 18.4 Å². The van der Waals surface area contributed by atoms with Crippen LogP contribution in [-0.4, -0.2) is 51.0 Å². The minimum Gasteiger partial charge on any atom is -0.387 e. The fourth-order valence-corrected chi connectivity index (χ4v) is 3.10. The van der Waals surface area contributed by atoms with Gasteiger partial charge in [0.1, 0.15) is 0 Å². The van der Waals surface area contributed by atoms with Crippen molar-refractivity contribution < 1.29 is 18.3 Å². The topological polar surface area (TPSA) is 120 Å². The smallest absolute Gasteiger partial charge is 0.319 e. The molecule has 1 aliphatic heterocycles. The van der Waals surface area contributed by atoms with Crippen molar-refractivity contribution >= 4 is 27.4 Å². The van der Waals surface area contributed by atoms with Crippen molar-refractivity contribution in [1.82, 2.24) is 10.6 Å². The van der Waals surface area contributed by atoms with Crippen molar-refractivity contribution in [3.05, 3.63) is 23.8 Å². The van der Waals surface area contributed by atoms with Gasteiger partial charge in [0.15, 0.2) is 0 Å². The summed E-state index contributed by atoms with van der Waals surface area (Å²) in [6, 6.07) is 4.43. The van der Waals surface area contributed by atoms with Gasteiger partial charge in [-0.25, -0.2) is 13.2 Å². The molecule has 2 amide bonds. The number of carbonyl (C=O) groups excluding carboxylic acids is 1. The van der Waals surface area contributed by atoms with Gasteiger partial charge in [-0.05, 0) is 44.0 Å². The number of carbonyl (C=O) groups is 1. The van der Waals surface area contributed by atoms with Crippen molar-refractivity contribution in [1.29, 1.82) is 0 Å². The summed E-state index contributed by atoms with van der Waals surface area (Å²) in [4.78, 5) is 12.1. The van der Waals surface area contributed by atoms with Gasteiger partial charge in [0.2, 0.25) is 10.0 Å². The number of β-amino-alcohol motifs (C(OH)–C–C–N with tert-alkyl or cyclic N) is 1. The number of sulfonamides is 1. The molecule has 9 heteroatoms. The molecule has 0 aliphatic carbocycles. The van der Waals surface area contributed by atoms with Crippen LogP contribution in [0.15, 0.2) is 18.2 Å². The second-order valence-corrected chi connectivity index (χ2v) is 7.96. The standard InChI is InChI=1S/C15H24N4O4S/c1-11-4-5-12(19-24(2,22)23)8-13(11)18-14(20)17-10-15(21)6-3-7-16-9-15/h4-5,8,16,19,21H,3,6-7,9-10H2,1-2H3,(H2,17,18,20)/t15-/m1/s1. The fourth-order valence-electron chi connectivity index (χ4n) is 2.55. The number of piperidine rings is 1. The first-order chi connectivity index (χ1) is 11.2.